The molecule has 1 N–H and O–H groups in total. The van der Waals surface area contributed by atoms with Gasteiger partial charge in [0.1, 0.15) is 0 Å². The number of likely N-dealkylation sites (tertiary alicyclic amines) is 1. The molecule has 1 fully saturated rings. The first-order valence-corrected chi connectivity index (χ1v) is 11.0. The molecule has 30 heavy (non-hydrogen) atoms. The fourth-order valence-electron chi connectivity index (χ4n) is 3.82. The van der Waals surface area contributed by atoms with Gasteiger partial charge in [-0.15, -0.1) is 0 Å². The number of amides is 1. The standard InChI is InChI=1S/C23H25BrN4O2/c1-15-6-3-4-8-19(15)22-26-21(30-27-22)14-28-11-5-7-17(13-28)23(29)25-18-9-10-20(24)16(2)12-18/h3-4,6,8-10,12,17H,5,7,11,13-14H2,1-2H3,(H,25,29). The molecule has 1 aromatic heterocycles. The van der Waals surface area contributed by atoms with Crippen molar-refractivity contribution < 1.29 is 9.32 Å². The lowest BCUT2D eigenvalue weighted by molar-refractivity contribution is -0.121. The first-order chi connectivity index (χ1) is 14.5. The zero-order valence-electron chi connectivity index (χ0n) is 17.2. The van der Waals surface area contributed by atoms with Crippen molar-refractivity contribution in [3.8, 4) is 11.4 Å². The second-order valence-corrected chi connectivity index (χ2v) is 8.71. The van der Waals surface area contributed by atoms with E-state index in [0.29, 0.717) is 24.8 Å². The van der Waals surface area contributed by atoms with Gasteiger partial charge in [-0.25, -0.2) is 0 Å². The maximum absolute atomic E-state index is 12.8. The number of benzene rings is 2. The quantitative estimate of drug-likeness (QED) is 0.572. The van der Waals surface area contributed by atoms with Crippen molar-refractivity contribution in [1.82, 2.24) is 15.0 Å². The van der Waals surface area contributed by atoms with Gasteiger partial charge in [-0.3, -0.25) is 9.69 Å². The molecule has 0 bridgehead atoms. The zero-order valence-corrected chi connectivity index (χ0v) is 18.8. The van der Waals surface area contributed by atoms with Crippen molar-refractivity contribution in [3.63, 3.8) is 0 Å². The summed E-state index contributed by atoms with van der Waals surface area (Å²) in [6, 6.07) is 13.9. The van der Waals surface area contributed by atoms with E-state index in [-0.39, 0.29) is 11.8 Å². The van der Waals surface area contributed by atoms with Crippen LogP contribution in [0.3, 0.4) is 0 Å². The summed E-state index contributed by atoms with van der Waals surface area (Å²) < 4.78 is 6.52. The number of nitrogens with zero attached hydrogens (tertiary/aromatic N) is 3. The minimum atomic E-state index is -0.0542. The molecule has 4 rings (SSSR count). The van der Waals surface area contributed by atoms with Gasteiger partial charge in [-0.1, -0.05) is 45.4 Å². The van der Waals surface area contributed by atoms with Gasteiger partial charge in [0.2, 0.25) is 17.6 Å². The monoisotopic (exact) mass is 468 g/mol. The van der Waals surface area contributed by atoms with E-state index < -0.39 is 0 Å². The Hall–Kier alpha value is -2.51. The second-order valence-electron chi connectivity index (χ2n) is 7.85. The number of anilines is 1. The van der Waals surface area contributed by atoms with Crippen LogP contribution in [0.1, 0.15) is 29.9 Å². The Labute approximate surface area is 184 Å². The summed E-state index contributed by atoms with van der Waals surface area (Å²) in [5.41, 5.74) is 4.02. The Kier molecular flexibility index (Phi) is 6.29. The van der Waals surface area contributed by atoms with Crippen LogP contribution in [-0.2, 0) is 11.3 Å². The van der Waals surface area contributed by atoms with Crippen molar-refractivity contribution in [2.24, 2.45) is 5.92 Å². The van der Waals surface area contributed by atoms with Crippen LogP contribution in [0.25, 0.3) is 11.4 Å². The molecule has 1 amide bonds. The average molecular weight is 469 g/mol. The third kappa shape index (κ3) is 4.79. The number of carbonyl (C=O) groups is 1. The second kappa shape index (κ2) is 9.10. The molecule has 1 aliphatic heterocycles. The third-order valence-electron chi connectivity index (χ3n) is 5.51. The molecule has 1 unspecified atom stereocenters. The minimum absolute atomic E-state index is 0.0542. The largest absolute Gasteiger partial charge is 0.338 e. The number of piperidine rings is 1. The summed E-state index contributed by atoms with van der Waals surface area (Å²) in [4.78, 5) is 19.6. The maximum Gasteiger partial charge on any atom is 0.241 e. The Bertz CT molecular complexity index is 1050. The number of halogens is 1. The summed E-state index contributed by atoms with van der Waals surface area (Å²) in [7, 11) is 0. The lowest BCUT2D eigenvalue weighted by Gasteiger charge is -2.30. The fourth-order valence-corrected chi connectivity index (χ4v) is 4.07. The van der Waals surface area contributed by atoms with E-state index in [0.717, 1.165) is 46.2 Å². The van der Waals surface area contributed by atoms with E-state index in [1.165, 1.54) is 0 Å². The smallest absolute Gasteiger partial charge is 0.241 e. The van der Waals surface area contributed by atoms with E-state index in [1.807, 2.05) is 56.3 Å². The Morgan fingerprint density at radius 3 is 2.87 bits per heavy atom. The Balaban J connectivity index is 1.38. The number of hydrogen-bond acceptors (Lipinski definition) is 5. The summed E-state index contributed by atoms with van der Waals surface area (Å²) in [5.74, 6) is 1.20. The van der Waals surface area contributed by atoms with E-state index in [2.05, 4.69) is 36.3 Å². The van der Waals surface area contributed by atoms with Gasteiger partial charge in [0.05, 0.1) is 12.5 Å². The van der Waals surface area contributed by atoms with Gasteiger partial charge in [-0.05, 0) is 62.6 Å². The molecule has 7 heteroatoms. The minimum Gasteiger partial charge on any atom is -0.338 e. The van der Waals surface area contributed by atoms with Gasteiger partial charge in [-0.2, -0.15) is 4.98 Å². The highest BCUT2D eigenvalue weighted by molar-refractivity contribution is 9.10. The first kappa shape index (κ1) is 20.8. The number of aryl methyl sites for hydroxylation is 2. The van der Waals surface area contributed by atoms with Gasteiger partial charge >= 0.3 is 0 Å². The normalized spacial score (nSPS) is 17.1. The molecule has 1 aliphatic rings. The SMILES string of the molecule is Cc1cc(NC(=O)C2CCCN(Cc3nc(-c4ccccc4C)no3)C2)ccc1Br. The van der Waals surface area contributed by atoms with Crippen LogP contribution in [0.2, 0.25) is 0 Å². The lowest BCUT2D eigenvalue weighted by Crippen LogP contribution is -2.40. The van der Waals surface area contributed by atoms with Crippen LogP contribution in [0.4, 0.5) is 5.69 Å². The van der Waals surface area contributed by atoms with E-state index in [9.17, 15) is 4.79 Å². The molecule has 1 atom stereocenters. The average Bonchev–Trinajstić information content (AvgIpc) is 3.19. The molecule has 6 nitrogen and oxygen atoms in total. The van der Waals surface area contributed by atoms with Gasteiger partial charge in [0, 0.05) is 22.3 Å². The molecule has 156 valence electrons. The van der Waals surface area contributed by atoms with E-state index >= 15 is 0 Å². The van der Waals surface area contributed by atoms with Crippen molar-refractivity contribution in [2.75, 3.05) is 18.4 Å². The number of carbonyl (C=O) groups excluding carboxylic acids is 1. The van der Waals surface area contributed by atoms with Crippen LogP contribution in [-0.4, -0.2) is 34.0 Å². The van der Waals surface area contributed by atoms with E-state index in [1.54, 1.807) is 0 Å². The predicted molar refractivity (Wildman–Crippen MR) is 120 cm³/mol. The number of rotatable bonds is 5. The molecule has 0 aliphatic carbocycles. The topological polar surface area (TPSA) is 71.3 Å². The Morgan fingerprint density at radius 1 is 1.23 bits per heavy atom. The molecule has 2 heterocycles. The lowest BCUT2D eigenvalue weighted by atomic mass is 9.97. The summed E-state index contributed by atoms with van der Waals surface area (Å²) in [5, 5.41) is 7.20. The van der Waals surface area contributed by atoms with E-state index in [4.69, 9.17) is 4.52 Å². The molecular weight excluding hydrogens is 444 g/mol. The van der Waals surface area contributed by atoms with Crippen LogP contribution < -0.4 is 5.32 Å². The van der Waals surface area contributed by atoms with Crippen molar-refractivity contribution >= 4 is 27.5 Å². The zero-order chi connectivity index (χ0) is 21.1. The van der Waals surface area contributed by atoms with Crippen LogP contribution in [0, 0.1) is 19.8 Å². The third-order valence-corrected chi connectivity index (χ3v) is 6.40. The van der Waals surface area contributed by atoms with Crippen LogP contribution in [0.15, 0.2) is 51.5 Å². The molecule has 0 spiro atoms. The molecule has 0 saturated carbocycles. The van der Waals surface area contributed by atoms with Gasteiger partial charge < -0.3 is 9.84 Å². The van der Waals surface area contributed by atoms with Gasteiger partial charge in [0.15, 0.2) is 0 Å². The molecular formula is C23H25BrN4O2. The maximum atomic E-state index is 12.8. The van der Waals surface area contributed by atoms with Gasteiger partial charge in [0.25, 0.3) is 0 Å². The predicted octanol–water partition coefficient (Wildman–Crippen LogP) is 4.97. The summed E-state index contributed by atoms with van der Waals surface area (Å²) in [6.45, 7) is 6.20. The van der Waals surface area contributed by atoms with Crippen molar-refractivity contribution in [3.05, 3.63) is 64.0 Å². The number of hydrogen-bond donors (Lipinski definition) is 1. The fraction of sp³-hybridized carbons (Fsp3) is 0.348. The highest BCUT2D eigenvalue weighted by atomic mass is 79.9. The van der Waals surface area contributed by atoms with Crippen LogP contribution in [0.5, 0.6) is 0 Å². The highest BCUT2D eigenvalue weighted by Gasteiger charge is 2.27. The van der Waals surface area contributed by atoms with Crippen molar-refractivity contribution in [1.29, 1.82) is 0 Å². The molecule has 3 aromatic rings. The molecule has 1 saturated heterocycles. The Morgan fingerprint density at radius 2 is 2.07 bits per heavy atom. The number of aromatic nitrogens is 2. The molecule has 0 radical (unpaired) electrons. The summed E-state index contributed by atoms with van der Waals surface area (Å²) >= 11 is 3.49. The van der Waals surface area contributed by atoms with Crippen molar-refractivity contribution in [2.45, 2.75) is 33.2 Å². The highest BCUT2D eigenvalue weighted by Crippen LogP contribution is 2.24. The molecule has 2 aromatic carbocycles. The first-order valence-electron chi connectivity index (χ1n) is 10.2. The number of nitrogens with one attached hydrogen (secondary N) is 1. The summed E-state index contributed by atoms with van der Waals surface area (Å²) in [6.07, 6.45) is 1.85. The van der Waals surface area contributed by atoms with Crippen LogP contribution >= 0.6 is 15.9 Å².